The lowest BCUT2D eigenvalue weighted by atomic mass is 10.5. The molecule has 0 saturated carbocycles. The summed E-state index contributed by atoms with van der Waals surface area (Å²) in [4.78, 5) is 3.98. The maximum absolute atomic E-state index is 4.73. The molecule has 5 heteroatoms. The van der Waals surface area contributed by atoms with E-state index in [0.29, 0.717) is 5.88 Å². The molecule has 2 nitrogen and oxygen atoms in total. The molecule has 0 fully saturated rings. The molecular weight excluding hydrogens is 186 g/mol. The van der Waals surface area contributed by atoms with Crippen molar-refractivity contribution in [2.75, 3.05) is 0 Å². The highest BCUT2D eigenvalue weighted by molar-refractivity contribution is 7.78. The van der Waals surface area contributed by atoms with Gasteiger partial charge in [0.15, 0.2) is 0 Å². The van der Waals surface area contributed by atoms with Crippen molar-refractivity contribution in [1.82, 2.24) is 4.98 Å². The van der Waals surface area contributed by atoms with Gasteiger partial charge in [0.2, 0.25) is 5.88 Å². The highest BCUT2D eigenvalue weighted by Crippen LogP contribution is 2.37. The van der Waals surface area contributed by atoms with Crippen molar-refractivity contribution in [2.45, 2.75) is 0 Å². The summed E-state index contributed by atoms with van der Waals surface area (Å²) in [6, 6.07) is 1.97. The number of hydrogen-bond donors (Lipinski definition) is 1. The SMILES string of the molecule is SOc1nccc2ssc12. The van der Waals surface area contributed by atoms with Gasteiger partial charge >= 0.3 is 0 Å². The molecule has 2 rings (SSSR count). The van der Waals surface area contributed by atoms with Crippen molar-refractivity contribution < 1.29 is 4.18 Å². The second-order valence-electron chi connectivity index (χ2n) is 1.70. The van der Waals surface area contributed by atoms with Crippen molar-refractivity contribution in [3.05, 3.63) is 12.3 Å². The van der Waals surface area contributed by atoms with Gasteiger partial charge in [-0.3, -0.25) is 0 Å². The number of rotatable bonds is 1. The van der Waals surface area contributed by atoms with Gasteiger partial charge in [0.25, 0.3) is 0 Å². The molecule has 0 aromatic carbocycles. The average Bonchev–Trinajstić information content (AvgIpc) is 1.91. The minimum absolute atomic E-state index is 0.615. The average molecular weight is 189 g/mol. The number of pyridine rings is 1. The zero-order chi connectivity index (χ0) is 6.97. The van der Waals surface area contributed by atoms with Gasteiger partial charge in [-0.05, 0) is 6.07 Å². The molecule has 0 radical (unpaired) electrons. The number of nitrogens with zero attached hydrogens (tertiary/aromatic N) is 1. The number of hydrogen-bond acceptors (Lipinski definition) is 5. The molecule has 0 spiro atoms. The van der Waals surface area contributed by atoms with Gasteiger partial charge in [0.05, 0.1) is 4.70 Å². The topological polar surface area (TPSA) is 22.1 Å². The Kier molecular flexibility index (Phi) is 1.55. The monoisotopic (exact) mass is 189 g/mol. The largest absolute Gasteiger partial charge is 0.407 e. The first-order valence-corrected chi connectivity index (χ1v) is 5.08. The normalized spacial score (nSPS) is 10.5. The van der Waals surface area contributed by atoms with E-state index in [9.17, 15) is 0 Å². The maximum Gasteiger partial charge on any atom is 0.247 e. The summed E-state index contributed by atoms with van der Waals surface area (Å²) in [5, 5.41) is 0. The van der Waals surface area contributed by atoms with E-state index in [0.717, 1.165) is 4.70 Å². The van der Waals surface area contributed by atoms with Gasteiger partial charge in [0.1, 0.15) is 4.70 Å². The molecule has 0 atom stereocenters. The summed E-state index contributed by atoms with van der Waals surface area (Å²) in [6.45, 7) is 0. The van der Waals surface area contributed by atoms with Gasteiger partial charge < -0.3 is 4.18 Å². The van der Waals surface area contributed by atoms with E-state index in [4.69, 9.17) is 4.18 Å². The van der Waals surface area contributed by atoms with Crippen LogP contribution in [0.2, 0.25) is 0 Å². The third-order valence-electron chi connectivity index (χ3n) is 1.14. The molecule has 10 heavy (non-hydrogen) atoms. The summed E-state index contributed by atoms with van der Waals surface area (Å²) < 4.78 is 7.05. The minimum Gasteiger partial charge on any atom is -0.407 e. The third kappa shape index (κ3) is 0.817. The first-order chi connectivity index (χ1) is 4.92. The minimum atomic E-state index is 0.615. The lowest BCUT2D eigenvalue weighted by Gasteiger charge is -2.01. The summed E-state index contributed by atoms with van der Waals surface area (Å²) in [5.74, 6) is 0.615. The van der Waals surface area contributed by atoms with E-state index in [2.05, 4.69) is 17.9 Å². The summed E-state index contributed by atoms with van der Waals surface area (Å²) in [5.41, 5.74) is 0. The van der Waals surface area contributed by atoms with Crippen LogP contribution in [0, 0.1) is 0 Å². The fraction of sp³-hybridized carbons (Fsp3) is 0. The molecule has 0 amide bonds. The molecule has 0 saturated heterocycles. The summed E-state index contributed by atoms with van der Waals surface area (Å²) in [7, 11) is 3.39. The molecule has 0 bridgehead atoms. The molecule has 2 heterocycles. The van der Waals surface area contributed by atoms with Crippen molar-refractivity contribution in [3.8, 4) is 5.88 Å². The van der Waals surface area contributed by atoms with E-state index in [-0.39, 0.29) is 0 Å². The van der Waals surface area contributed by atoms with Crippen LogP contribution >= 0.6 is 33.6 Å². The van der Waals surface area contributed by atoms with Crippen LogP contribution < -0.4 is 4.18 Å². The Morgan fingerprint density at radius 3 is 2.90 bits per heavy atom. The predicted molar refractivity (Wildman–Crippen MR) is 47.1 cm³/mol. The van der Waals surface area contributed by atoms with Crippen LogP contribution in [-0.4, -0.2) is 4.98 Å². The molecule has 0 N–H and O–H groups in total. The third-order valence-corrected chi connectivity index (χ3v) is 3.89. The van der Waals surface area contributed by atoms with Crippen LogP contribution in [0.25, 0.3) is 9.40 Å². The Hall–Kier alpha value is -0.260. The highest BCUT2D eigenvalue weighted by Gasteiger charge is 2.05. The summed E-state index contributed by atoms with van der Waals surface area (Å²) in [6.07, 6.45) is 1.72. The lowest BCUT2D eigenvalue weighted by molar-refractivity contribution is 0.638. The van der Waals surface area contributed by atoms with Crippen molar-refractivity contribution in [2.24, 2.45) is 0 Å². The van der Waals surface area contributed by atoms with Gasteiger partial charge in [-0.25, -0.2) is 4.98 Å². The second kappa shape index (κ2) is 2.41. The fourth-order valence-corrected chi connectivity index (χ4v) is 2.74. The number of aromatic nitrogens is 1. The molecule has 2 aromatic rings. The second-order valence-corrected chi connectivity index (χ2v) is 4.07. The fourth-order valence-electron chi connectivity index (χ4n) is 0.672. The zero-order valence-corrected chi connectivity index (χ0v) is 7.30. The first-order valence-electron chi connectivity index (χ1n) is 2.57. The van der Waals surface area contributed by atoms with Crippen LogP contribution in [0.3, 0.4) is 0 Å². The first kappa shape index (κ1) is 6.45. The predicted octanol–water partition coefficient (Wildman–Crippen LogP) is 2.58. The molecule has 0 aliphatic carbocycles. The quantitative estimate of drug-likeness (QED) is 0.423. The maximum atomic E-state index is 4.73. The van der Waals surface area contributed by atoms with Crippen LogP contribution in [0.5, 0.6) is 5.88 Å². The standard InChI is InChI=1S/C5H3NOS3/c8-7-5-4-3(9-10-4)1-2-6-5/h1-2,8H. The van der Waals surface area contributed by atoms with Gasteiger partial charge in [-0.2, -0.15) is 0 Å². The van der Waals surface area contributed by atoms with Crippen LogP contribution in [0.15, 0.2) is 12.3 Å². The number of thiol groups is 1. The van der Waals surface area contributed by atoms with E-state index in [1.165, 1.54) is 4.70 Å². The highest BCUT2D eigenvalue weighted by atomic mass is 32.9. The van der Waals surface area contributed by atoms with Crippen LogP contribution in [0.1, 0.15) is 0 Å². The van der Waals surface area contributed by atoms with Crippen molar-refractivity contribution in [1.29, 1.82) is 0 Å². The smallest absolute Gasteiger partial charge is 0.247 e. The van der Waals surface area contributed by atoms with Crippen molar-refractivity contribution >= 4 is 43.0 Å². The lowest BCUT2D eigenvalue weighted by Crippen LogP contribution is -1.81. The van der Waals surface area contributed by atoms with Gasteiger partial charge in [-0.15, -0.1) is 0 Å². The van der Waals surface area contributed by atoms with Gasteiger partial charge in [-0.1, -0.05) is 20.7 Å². The molecular formula is C5H3NOS3. The molecule has 0 aliphatic rings. The van der Waals surface area contributed by atoms with E-state index < -0.39 is 0 Å². The molecule has 52 valence electrons. The Morgan fingerprint density at radius 1 is 1.50 bits per heavy atom. The Bertz CT molecular complexity index is 339. The Labute approximate surface area is 70.5 Å². The summed E-state index contributed by atoms with van der Waals surface area (Å²) >= 11 is 3.68. The van der Waals surface area contributed by atoms with E-state index in [1.807, 2.05) is 6.07 Å². The van der Waals surface area contributed by atoms with E-state index in [1.54, 1.807) is 26.9 Å². The van der Waals surface area contributed by atoms with Crippen LogP contribution in [0.4, 0.5) is 0 Å². The zero-order valence-electron chi connectivity index (χ0n) is 4.77. The Morgan fingerprint density at radius 2 is 2.40 bits per heavy atom. The molecule has 0 aliphatic heterocycles. The van der Waals surface area contributed by atoms with Gasteiger partial charge in [0, 0.05) is 19.1 Å². The molecule has 2 aromatic heterocycles. The number of fused-ring (bicyclic) bond motifs is 1. The van der Waals surface area contributed by atoms with E-state index >= 15 is 0 Å². The van der Waals surface area contributed by atoms with Crippen LogP contribution in [-0.2, 0) is 0 Å². The Balaban J connectivity index is 2.67. The van der Waals surface area contributed by atoms with Crippen molar-refractivity contribution in [3.63, 3.8) is 0 Å². The molecule has 0 unspecified atom stereocenters.